The zero-order chi connectivity index (χ0) is 6.97. The Labute approximate surface area is 62.4 Å². The van der Waals surface area contributed by atoms with Crippen LogP contribution in [0, 0.1) is 17.8 Å². The van der Waals surface area contributed by atoms with Crippen molar-refractivity contribution in [2.75, 3.05) is 6.61 Å². The van der Waals surface area contributed by atoms with E-state index in [4.69, 9.17) is 5.11 Å². The van der Waals surface area contributed by atoms with Gasteiger partial charge in [0.15, 0.2) is 0 Å². The molecule has 2 bridgehead atoms. The molecule has 0 aromatic rings. The Bertz CT molecular complexity index is 110. The minimum absolute atomic E-state index is 0.438. The molecule has 0 spiro atoms. The Morgan fingerprint density at radius 1 is 1.00 bits per heavy atom. The molecule has 0 heterocycles. The minimum atomic E-state index is 0.438. The summed E-state index contributed by atoms with van der Waals surface area (Å²) in [5.74, 6) is 2.62. The monoisotopic (exact) mass is 140 g/mol. The van der Waals surface area contributed by atoms with Gasteiger partial charge in [0, 0.05) is 6.61 Å². The van der Waals surface area contributed by atoms with E-state index in [9.17, 15) is 0 Å². The minimum Gasteiger partial charge on any atom is -0.396 e. The lowest BCUT2D eigenvalue weighted by Gasteiger charge is -2.25. The van der Waals surface area contributed by atoms with E-state index in [0.717, 1.165) is 11.8 Å². The van der Waals surface area contributed by atoms with Crippen LogP contribution in [0.25, 0.3) is 0 Å². The molecule has 0 aromatic carbocycles. The van der Waals surface area contributed by atoms with Crippen LogP contribution < -0.4 is 0 Å². The second-order valence-electron chi connectivity index (χ2n) is 4.07. The van der Waals surface area contributed by atoms with Gasteiger partial charge in [0.1, 0.15) is 0 Å². The summed E-state index contributed by atoms with van der Waals surface area (Å²) in [6, 6.07) is 0. The van der Waals surface area contributed by atoms with Crippen LogP contribution in [0.4, 0.5) is 0 Å². The number of hydrogen-bond donors (Lipinski definition) is 1. The highest BCUT2D eigenvalue weighted by molar-refractivity contribution is 4.84. The van der Waals surface area contributed by atoms with Crippen LogP contribution in [0.2, 0.25) is 0 Å². The van der Waals surface area contributed by atoms with Crippen LogP contribution in [-0.2, 0) is 0 Å². The summed E-state index contributed by atoms with van der Waals surface area (Å²) >= 11 is 0. The van der Waals surface area contributed by atoms with Gasteiger partial charge < -0.3 is 5.11 Å². The molecule has 0 amide bonds. The highest BCUT2D eigenvalue weighted by Crippen LogP contribution is 2.44. The first kappa shape index (κ1) is 6.66. The normalized spacial score (nSPS) is 45.9. The van der Waals surface area contributed by atoms with E-state index >= 15 is 0 Å². The predicted molar refractivity (Wildman–Crippen MR) is 40.6 cm³/mol. The molecule has 0 aromatic heterocycles. The van der Waals surface area contributed by atoms with E-state index in [2.05, 4.69) is 0 Å². The summed E-state index contributed by atoms with van der Waals surface area (Å²) in [4.78, 5) is 0. The zero-order valence-corrected chi connectivity index (χ0v) is 6.42. The maximum absolute atomic E-state index is 8.95. The van der Waals surface area contributed by atoms with E-state index in [-0.39, 0.29) is 0 Å². The van der Waals surface area contributed by atoms with Crippen LogP contribution in [0.1, 0.15) is 32.1 Å². The third-order valence-electron chi connectivity index (χ3n) is 3.24. The van der Waals surface area contributed by atoms with E-state index in [1.54, 1.807) is 0 Å². The van der Waals surface area contributed by atoms with Crippen LogP contribution in [0.5, 0.6) is 0 Å². The van der Waals surface area contributed by atoms with Crippen molar-refractivity contribution in [2.45, 2.75) is 32.1 Å². The van der Waals surface area contributed by atoms with Crippen LogP contribution in [0.15, 0.2) is 0 Å². The van der Waals surface area contributed by atoms with Gasteiger partial charge in [0.05, 0.1) is 0 Å². The van der Waals surface area contributed by atoms with Gasteiger partial charge in [-0.1, -0.05) is 12.8 Å². The van der Waals surface area contributed by atoms with Crippen molar-refractivity contribution in [3.05, 3.63) is 0 Å². The van der Waals surface area contributed by atoms with Gasteiger partial charge in [-0.25, -0.2) is 0 Å². The SMILES string of the molecule is OCC1C[C@H]2CC[C@H](C1)C2. The summed E-state index contributed by atoms with van der Waals surface area (Å²) in [5.41, 5.74) is 0. The Morgan fingerprint density at radius 3 is 2.10 bits per heavy atom. The topological polar surface area (TPSA) is 20.2 Å². The van der Waals surface area contributed by atoms with Gasteiger partial charge in [-0.2, -0.15) is 0 Å². The molecule has 2 aliphatic rings. The van der Waals surface area contributed by atoms with Crippen molar-refractivity contribution in [1.82, 2.24) is 0 Å². The molecule has 1 heteroatoms. The molecular weight excluding hydrogens is 124 g/mol. The van der Waals surface area contributed by atoms with Gasteiger partial charge >= 0.3 is 0 Å². The number of aliphatic hydroxyl groups excluding tert-OH is 1. The number of fused-ring (bicyclic) bond motifs is 2. The molecule has 1 nitrogen and oxygen atoms in total. The Morgan fingerprint density at radius 2 is 1.60 bits per heavy atom. The van der Waals surface area contributed by atoms with Gasteiger partial charge in [-0.05, 0) is 37.0 Å². The molecule has 1 N–H and O–H groups in total. The third-order valence-corrected chi connectivity index (χ3v) is 3.24. The Kier molecular flexibility index (Phi) is 1.69. The molecule has 2 atom stereocenters. The van der Waals surface area contributed by atoms with Crippen LogP contribution in [0.3, 0.4) is 0 Å². The molecule has 0 saturated heterocycles. The molecule has 0 unspecified atom stereocenters. The average Bonchev–Trinajstić information content (AvgIpc) is 2.30. The third kappa shape index (κ3) is 1.07. The predicted octanol–water partition coefficient (Wildman–Crippen LogP) is 1.80. The maximum atomic E-state index is 8.95. The fourth-order valence-electron chi connectivity index (χ4n) is 2.79. The van der Waals surface area contributed by atoms with E-state index in [0.29, 0.717) is 12.5 Å². The first-order valence-corrected chi connectivity index (χ1v) is 4.49. The van der Waals surface area contributed by atoms with Crippen molar-refractivity contribution in [2.24, 2.45) is 17.8 Å². The number of rotatable bonds is 1. The van der Waals surface area contributed by atoms with Gasteiger partial charge in [0.2, 0.25) is 0 Å². The molecule has 10 heavy (non-hydrogen) atoms. The Balaban J connectivity index is 1.96. The Hall–Kier alpha value is -0.0400. The van der Waals surface area contributed by atoms with Gasteiger partial charge in [0.25, 0.3) is 0 Å². The molecule has 2 rings (SSSR count). The smallest absolute Gasteiger partial charge is 0.0459 e. The molecule has 0 radical (unpaired) electrons. The molecule has 2 aliphatic carbocycles. The lowest BCUT2D eigenvalue weighted by Crippen LogP contribution is -2.18. The molecule has 0 aliphatic heterocycles. The molecule has 58 valence electrons. The van der Waals surface area contributed by atoms with Crippen LogP contribution >= 0.6 is 0 Å². The first-order chi connectivity index (χ1) is 4.88. The summed E-state index contributed by atoms with van der Waals surface area (Å²) in [6.45, 7) is 0.438. The highest BCUT2D eigenvalue weighted by atomic mass is 16.3. The summed E-state index contributed by atoms with van der Waals surface area (Å²) < 4.78 is 0. The van der Waals surface area contributed by atoms with E-state index in [1.807, 2.05) is 0 Å². The van der Waals surface area contributed by atoms with E-state index in [1.165, 1.54) is 32.1 Å². The van der Waals surface area contributed by atoms with Gasteiger partial charge in [-0.3, -0.25) is 0 Å². The highest BCUT2D eigenvalue weighted by Gasteiger charge is 2.33. The molecule has 2 fully saturated rings. The van der Waals surface area contributed by atoms with Gasteiger partial charge in [-0.15, -0.1) is 0 Å². The zero-order valence-electron chi connectivity index (χ0n) is 6.42. The van der Waals surface area contributed by atoms with Crippen LogP contribution in [-0.4, -0.2) is 11.7 Å². The largest absolute Gasteiger partial charge is 0.396 e. The van der Waals surface area contributed by atoms with E-state index < -0.39 is 0 Å². The van der Waals surface area contributed by atoms with Crippen molar-refractivity contribution >= 4 is 0 Å². The second-order valence-corrected chi connectivity index (χ2v) is 4.07. The first-order valence-electron chi connectivity index (χ1n) is 4.49. The van der Waals surface area contributed by atoms with Crippen molar-refractivity contribution in [3.63, 3.8) is 0 Å². The number of hydrogen-bond acceptors (Lipinski definition) is 1. The van der Waals surface area contributed by atoms with Crippen molar-refractivity contribution in [3.8, 4) is 0 Å². The average molecular weight is 140 g/mol. The van der Waals surface area contributed by atoms with Crippen molar-refractivity contribution < 1.29 is 5.11 Å². The lowest BCUT2D eigenvalue weighted by molar-refractivity contribution is 0.156. The standard InChI is InChI=1S/C9H16O/c10-6-9-4-7-1-2-8(3-7)5-9/h7-10H,1-6H2/t7-,8-/m0/s1. The van der Waals surface area contributed by atoms with Crippen molar-refractivity contribution in [1.29, 1.82) is 0 Å². The lowest BCUT2D eigenvalue weighted by atomic mass is 9.81. The fraction of sp³-hybridized carbons (Fsp3) is 1.00. The summed E-state index contributed by atoms with van der Waals surface area (Å²) in [5, 5.41) is 8.95. The fourth-order valence-corrected chi connectivity index (χ4v) is 2.79. The summed E-state index contributed by atoms with van der Waals surface area (Å²) in [6.07, 6.45) is 6.98. The second kappa shape index (κ2) is 2.54. The molecule has 2 saturated carbocycles. The molecular formula is C9H16O. The quantitative estimate of drug-likeness (QED) is 0.589. The summed E-state index contributed by atoms with van der Waals surface area (Å²) in [7, 11) is 0. The maximum Gasteiger partial charge on any atom is 0.0459 e. The number of aliphatic hydroxyl groups is 1.